The first-order valence-corrected chi connectivity index (χ1v) is 6.67. The molecule has 4 nitrogen and oxygen atoms in total. The van der Waals surface area contributed by atoms with Gasteiger partial charge in [-0.3, -0.25) is 4.18 Å². The van der Waals surface area contributed by atoms with E-state index in [1.807, 2.05) is 19.1 Å². The lowest BCUT2D eigenvalue weighted by atomic mass is 10.0. The minimum absolute atomic E-state index is 0.127. The Hall–Kier alpha value is -0.390. The van der Waals surface area contributed by atoms with Crippen LogP contribution in [0.2, 0.25) is 0 Å². The zero-order chi connectivity index (χ0) is 11.5. The Morgan fingerprint density at radius 3 is 2.73 bits per heavy atom. The molecule has 0 spiro atoms. The van der Waals surface area contributed by atoms with Crippen LogP contribution in [0.15, 0.2) is 12.2 Å². The molecule has 1 aliphatic heterocycles. The van der Waals surface area contributed by atoms with E-state index in [0.29, 0.717) is 12.3 Å². The lowest BCUT2D eigenvalue weighted by Gasteiger charge is -2.29. The van der Waals surface area contributed by atoms with Crippen molar-refractivity contribution >= 4 is 10.3 Å². The Balaban J connectivity index is 2.68. The monoisotopic (exact) mass is 233 g/mol. The molecule has 0 aromatic rings. The first-order chi connectivity index (χ1) is 6.93. The average Bonchev–Trinajstić information content (AvgIpc) is 1.99. The van der Waals surface area contributed by atoms with Gasteiger partial charge in [0.2, 0.25) is 0 Å². The third kappa shape index (κ3) is 4.32. The highest BCUT2D eigenvalue weighted by atomic mass is 32.2. The van der Waals surface area contributed by atoms with Crippen LogP contribution in [0.4, 0.5) is 0 Å². The first-order valence-electron chi connectivity index (χ1n) is 5.26. The van der Waals surface area contributed by atoms with Crippen LogP contribution >= 0.6 is 0 Å². The second kappa shape index (κ2) is 5.09. The molecule has 0 aromatic heterocycles. The molecule has 0 aromatic carbocycles. The molecule has 1 fully saturated rings. The van der Waals surface area contributed by atoms with Gasteiger partial charge in [0.1, 0.15) is 0 Å². The Morgan fingerprint density at radius 1 is 1.53 bits per heavy atom. The summed E-state index contributed by atoms with van der Waals surface area (Å²) in [5, 5.41) is 0. The fraction of sp³-hybridized carbons (Fsp3) is 0.800. The van der Waals surface area contributed by atoms with E-state index in [0.717, 1.165) is 6.42 Å². The van der Waals surface area contributed by atoms with Gasteiger partial charge in [-0.05, 0) is 25.7 Å². The van der Waals surface area contributed by atoms with Crippen LogP contribution < -0.4 is 4.72 Å². The summed E-state index contributed by atoms with van der Waals surface area (Å²) >= 11 is 0. The molecule has 2 atom stereocenters. The van der Waals surface area contributed by atoms with Gasteiger partial charge < -0.3 is 0 Å². The molecule has 1 N–H and O–H groups in total. The summed E-state index contributed by atoms with van der Waals surface area (Å²) in [5.74, 6) is 0.439. The van der Waals surface area contributed by atoms with Crippen LogP contribution in [-0.2, 0) is 14.5 Å². The quantitative estimate of drug-likeness (QED) is 0.753. The lowest BCUT2D eigenvalue weighted by Crippen LogP contribution is -2.45. The molecule has 5 heteroatoms. The summed E-state index contributed by atoms with van der Waals surface area (Å²) in [6.45, 7) is 5.99. The normalized spacial score (nSPS) is 31.2. The number of allylic oxidation sites excluding steroid dienone is 1. The highest BCUT2D eigenvalue weighted by Gasteiger charge is 2.30. The number of hydrogen-bond acceptors (Lipinski definition) is 3. The molecule has 1 aliphatic rings. The third-order valence-electron chi connectivity index (χ3n) is 2.23. The minimum atomic E-state index is -3.55. The lowest BCUT2D eigenvalue weighted by molar-refractivity contribution is 0.143. The van der Waals surface area contributed by atoms with Crippen molar-refractivity contribution < 1.29 is 12.6 Å². The summed E-state index contributed by atoms with van der Waals surface area (Å²) in [7, 11) is -3.55. The predicted molar refractivity (Wildman–Crippen MR) is 59.6 cm³/mol. The molecule has 0 aliphatic carbocycles. The van der Waals surface area contributed by atoms with E-state index < -0.39 is 10.3 Å². The smallest absolute Gasteiger partial charge is 0.255 e. The van der Waals surface area contributed by atoms with Crippen LogP contribution in [0, 0.1) is 5.92 Å². The SMILES string of the molecule is C/C=C/[C@@H]1C[C@H](CC(C)C)OS(=O)(=O)N1. The van der Waals surface area contributed by atoms with Crippen molar-refractivity contribution in [1.82, 2.24) is 4.72 Å². The standard InChI is InChI=1S/C10H19NO3S/c1-4-5-9-7-10(6-8(2)3)14-15(12,13)11-9/h4-5,8-11H,6-7H2,1-3H3/b5-4+/t9-,10+/m1/s1. The molecular weight excluding hydrogens is 214 g/mol. The topological polar surface area (TPSA) is 55.4 Å². The second-order valence-electron chi connectivity index (χ2n) is 4.29. The van der Waals surface area contributed by atoms with Gasteiger partial charge in [-0.1, -0.05) is 26.0 Å². The zero-order valence-corrected chi connectivity index (χ0v) is 10.3. The van der Waals surface area contributed by atoms with Gasteiger partial charge in [0.15, 0.2) is 0 Å². The minimum Gasteiger partial charge on any atom is -0.255 e. The van der Waals surface area contributed by atoms with Crippen LogP contribution in [0.5, 0.6) is 0 Å². The van der Waals surface area contributed by atoms with E-state index in [4.69, 9.17) is 4.18 Å². The second-order valence-corrected chi connectivity index (χ2v) is 5.62. The summed E-state index contributed by atoms with van der Waals surface area (Å²) in [6, 6.07) is -0.127. The largest absolute Gasteiger partial charge is 0.336 e. The molecule has 0 radical (unpaired) electrons. The Labute approximate surface area is 92.0 Å². The number of nitrogens with one attached hydrogen (secondary N) is 1. The number of hydrogen-bond donors (Lipinski definition) is 1. The van der Waals surface area contributed by atoms with Crippen molar-refractivity contribution in [2.45, 2.75) is 45.8 Å². The Bertz CT molecular complexity index is 322. The van der Waals surface area contributed by atoms with Crippen LogP contribution in [0.3, 0.4) is 0 Å². The van der Waals surface area contributed by atoms with Crippen molar-refractivity contribution in [3.8, 4) is 0 Å². The fourth-order valence-electron chi connectivity index (χ4n) is 1.77. The molecule has 0 saturated carbocycles. The van der Waals surface area contributed by atoms with E-state index in [2.05, 4.69) is 18.6 Å². The first kappa shape index (κ1) is 12.7. The maximum Gasteiger partial charge on any atom is 0.336 e. The molecule has 1 heterocycles. The van der Waals surface area contributed by atoms with Crippen LogP contribution in [0.1, 0.15) is 33.6 Å². The zero-order valence-electron chi connectivity index (χ0n) is 9.43. The van der Waals surface area contributed by atoms with Gasteiger partial charge in [0.05, 0.1) is 6.10 Å². The van der Waals surface area contributed by atoms with Gasteiger partial charge in [0.25, 0.3) is 0 Å². The Kier molecular flexibility index (Phi) is 4.31. The highest BCUT2D eigenvalue weighted by molar-refractivity contribution is 7.84. The summed E-state index contributed by atoms with van der Waals surface area (Å²) in [6.07, 6.45) is 4.99. The molecule has 1 rings (SSSR count). The van der Waals surface area contributed by atoms with Crippen LogP contribution in [-0.4, -0.2) is 20.6 Å². The van der Waals surface area contributed by atoms with Crippen LogP contribution in [0.25, 0.3) is 0 Å². The van der Waals surface area contributed by atoms with E-state index in [-0.39, 0.29) is 12.1 Å². The van der Waals surface area contributed by atoms with E-state index in [9.17, 15) is 8.42 Å². The maximum atomic E-state index is 11.4. The van der Waals surface area contributed by atoms with Gasteiger partial charge in [-0.15, -0.1) is 0 Å². The number of rotatable bonds is 3. The van der Waals surface area contributed by atoms with E-state index in [1.54, 1.807) is 0 Å². The van der Waals surface area contributed by atoms with Crippen molar-refractivity contribution in [3.05, 3.63) is 12.2 Å². The van der Waals surface area contributed by atoms with Crippen molar-refractivity contribution in [1.29, 1.82) is 0 Å². The molecule has 1 saturated heterocycles. The molecule has 0 unspecified atom stereocenters. The average molecular weight is 233 g/mol. The summed E-state index contributed by atoms with van der Waals surface area (Å²) in [4.78, 5) is 0. The van der Waals surface area contributed by atoms with E-state index >= 15 is 0 Å². The van der Waals surface area contributed by atoms with Gasteiger partial charge in [-0.2, -0.15) is 13.1 Å². The molecule has 0 bridgehead atoms. The Morgan fingerprint density at radius 2 is 2.20 bits per heavy atom. The van der Waals surface area contributed by atoms with Crippen molar-refractivity contribution in [2.24, 2.45) is 5.92 Å². The summed E-state index contributed by atoms with van der Waals surface area (Å²) < 4.78 is 30.2. The third-order valence-corrected chi connectivity index (χ3v) is 3.35. The van der Waals surface area contributed by atoms with E-state index in [1.165, 1.54) is 0 Å². The molecular formula is C10H19NO3S. The maximum absolute atomic E-state index is 11.4. The fourth-order valence-corrected chi connectivity index (χ4v) is 2.89. The predicted octanol–water partition coefficient (Wildman–Crippen LogP) is 1.60. The van der Waals surface area contributed by atoms with Gasteiger partial charge >= 0.3 is 10.3 Å². The van der Waals surface area contributed by atoms with Gasteiger partial charge in [0, 0.05) is 6.04 Å². The molecule has 88 valence electrons. The molecule has 0 amide bonds. The highest BCUT2D eigenvalue weighted by Crippen LogP contribution is 2.20. The van der Waals surface area contributed by atoms with Crippen molar-refractivity contribution in [3.63, 3.8) is 0 Å². The summed E-state index contributed by atoms with van der Waals surface area (Å²) in [5.41, 5.74) is 0. The molecule has 15 heavy (non-hydrogen) atoms. The van der Waals surface area contributed by atoms with Crippen molar-refractivity contribution in [2.75, 3.05) is 0 Å². The van der Waals surface area contributed by atoms with Gasteiger partial charge in [-0.25, -0.2) is 0 Å².